The Labute approximate surface area is 121 Å². The standard InChI is InChI=1S/C14H13N5O2/c1-9-5-6-11(19(20)21)7-13(9)18-14(10-3-2-4-10)12(8-15)16-17-18/h5-7,10H,2-4H2,1H3. The van der Waals surface area contributed by atoms with Gasteiger partial charge in [0.25, 0.3) is 5.69 Å². The molecule has 0 atom stereocenters. The average molecular weight is 283 g/mol. The van der Waals surface area contributed by atoms with Gasteiger partial charge in [-0.2, -0.15) is 5.26 Å². The van der Waals surface area contributed by atoms with Crippen LogP contribution < -0.4 is 0 Å². The lowest BCUT2D eigenvalue weighted by Gasteiger charge is -2.26. The SMILES string of the molecule is Cc1ccc([N+](=O)[O-])cc1-n1nnc(C#N)c1C1CCC1. The Morgan fingerprint density at radius 1 is 1.48 bits per heavy atom. The summed E-state index contributed by atoms with van der Waals surface area (Å²) in [5, 5.41) is 28.1. The number of hydrogen-bond acceptors (Lipinski definition) is 5. The van der Waals surface area contributed by atoms with Crippen molar-refractivity contribution >= 4 is 5.69 Å². The number of rotatable bonds is 3. The zero-order valence-corrected chi connectivity index (χ0v) is 11.5. The summed E-state index contributed by atoms with van der Waals surface area (Å²) in [6.07, 6.45) is 3.11. The second-order valence-corrected chi connectivity index (χ2v) is 5.20. The number of nitrogens with zero attached hydrogens (tertiary/aromatic N) is 5. The third-order valence-corrected chi connectivity index (χ3v) is 3.93. The number of nitro groups is 1. The van der Waals surface area contributed by atoms with E-state index in [9.17, 15) is 15.4 Å². The van der Waals surface area contributed by atoms with Gasteiger partial charge in [0.2, 0.25) is 0 Å². The van der Waals surface area contributed by atoms with Crippen molar-refractivity contribution < 1.29 is 4.92 Å². The second-order valence-electron chi connectivity index (χ2n) is 5.20. The molecule has 1 aliphatic carbocycles. The Hall–Kier alpha value is -2.75. The minimum Gasteiger partial charge on any atom is -0.258 e. The Kier molecular flexibility index (Phi) is 3.14. The van der Waals surface area contributed by atoms with E-state index in [1.807, 2.05) is 6.92 Å². The molecule has 7 nitrogen and oxygen atoms in total. The minimum atomic E-state index is -0.436. The maximum Gasteiger partial charge on any atom is 0.271 e. The van der Waals surface area contributed by atoms with Crippen molar-refractivity contribution in [3.05, 3.63) is 45.3 Å². The molecule has 2 aromatic rings. The van der Waals surface area contributed by atoms with Crippen LogP contribution in [0.2, 0.25) is 0 Å². The predicted octanol–water partition coefficient (Wildman–Crippen LogP) is 2.62. The molecule has 1 fully saturated rings. The zero-order valence-electron chi connectivity index (χ0n) is 11.5. The van der Waals surface area contributed by atoms with Gasteiger partial charge in [0.05, 0.1) is 16.3 Å². The number of non-ortho nitro benzene ring substituents is 1. The Morgan fingerprint density at radius 3 is 2.81 bits per heavy atom. The third-order valence-electron chi connectivity index (χ3n) is 3.93. The summed E-state index contributed by atoms with van der Waals surface area (Å²) in [5.74, 6) is 0.258. The highest BCUT2D eigenvalue weighted by atomic mass is 16.6. The number of hydrogen-bond donors (Lipinski definition) is 0. The van der Waals surface area contributed by atoms with E-state index in [2.05, 4.69) is 16.4 Å². The van der Waals surface area contributed by atoms with E-state index in [1.54, 1.807) is 10.7 Å². The summed E-state index contributed by atoms with van der Waals surface area (Å²) < 4.78 is 1.59. The number of benzene rings is 1. The molecular formula is C14H13N5O2. The first kappa shape index (κ1) is 13.2. The van der Waals surface area contributed by atoms with E-state index in [0.29, 0.717) is 11.4 Å². The molecule has 1 aromatic carbocycles. The van der Waals surface area contributed by atoms with Crippen LogP contribution in [-0.4, -0.2) is 19.9 Å². The molecule has 7 heteroatoms. The van der Waals surface area contributed by atoms with Gasteiger partial charge in [-0.25, -0.2) is 4.68 Å². The number of aryl methyl sites for hydroxylation is 1. The van der Waals surface area contributed by atoms with Gasteiger partial charge in [0.1, 0.15) is 6.07 Å². The molecule has 0 aliphatic heterocycles. The highest BCUT2D eigenvalue weighted by Crippen LogP contribution is 2.38. The summed E-state index contributed by atoms with van der Waals surface area (Å²) in [4.78, 5) is 10.5. The molecule has 0 saturated heterocycles. The van der Waals surface area contributed by atoms with Gasteiger partial charge in [-0.1, -0.05) is 17.7 Å². The van der Waals surface area contributed by atoms with Gasteiger partial charge in [-0.05, 0) is 25.3 Å². The van der Waals surface area contributed by atoms with Crippen molar-refractivity contribution in [3.8, 4) is 11.8 Å². The van der Waals surface area contributed by atoms with Crippen LogP contribution in [0, 0.1) is 28.4 Å². The summed E-state index contributed by atoms with van der Waals surface area (Å²) >= 11 is 0. The molecule has 1 saturated carbocycles. The van der Waals surface area contributed by atoms with Crippen LogP contribution in [0.3, 0.4) is 0 Å². The molecule has 0 N–H and O–H groups in total. The first-order valence-corrected chi connectivity index (χ1v) is 6.73. The first-order valence-electron chi connectivity index (χ1n) is 6.73. The number of nitro benzene ring substituents is 1. The van der Waals surface area contributed by atoms with Crippen molar-refractivity contribution in [2.45, 2.75) is 32.1 Å². The molecule has 1 aromatic heterocycles. The van der Waals surface area contributed by atoms with Crippen LogP contribution in [0.4, 0.5) is 5.69 Å². The highest BCUT2D eigenvalue weighted by molar-refractivity contribution is 5.50. The quantitative estimate of drug-likeness (QED) is 0.637. The fraction of sp³-hybridized carbons (Fsp3) is 0.357. The van der Waals surface area contributed by atoms with Crippen LogP contribution in [0.15, 0.2) is 18.2 Å². The molecule has 0 unspecified atom stereocenters. The van der Waals surface area contributed by atoms with E-state index in [-0.39, 0.29) is 11.6 Å². The monoisotopic (exact) mass is 283 g/mol. The van der Waals surface area contributed by atoms with Gasteiger partial charge in [-0.3, -0.25) is 10.1 Å². The van der Waals surface area contributed by atoms with E-state index < -0.39 is 4.92 Å². The lowest BCUT2D eigenvalue weighted by molar-refractivity contribution is -0.384. The molecule has 0 spiro atoms. The van der Waals surface area contributed by atoms with E-state index in [4.69, 9.17) is 0 Å². The fourth-order valence-corrected chi connectivity index (χ4v) is 2.53. The zero-order chi connectivity index (χ0) is 15.0. The van der Waals surface area contributed by atoms with Crippen LogP contribution in [0.25, 0.3) is 5.69 Å². The Morgan fingerprint density at radius 2 is 2.24 bits per heavy atom. The number of aromatic nitrogens is 3. The molecule has 21 heavy (non-hydrogen) atoms. The molecule has 3 rings (SSSR count). The predicted molar refractivity (Wildman–Crippen MR) is 74.1 cm³/mol. The van der Waals surface area contributed by atoms with Crippen molar-refractivity contribution in [2.75, 3.05) is 0 Å². The molecule has 0 amide bonds. The van der Waals surface area contributed by atoms with Crippen molar-refractivity contribution in [1.29, 1.82) is 5.26 Å². The minimum absolute atomic E-state index is 0.00386. The molecule has 1 heterocycles. The van der Waals surface area contributed by atoms with Crippen LogP contribution >= 0.6 is 0 Å². The molecular weight excluding hydrogens is 270 g/mol. The summed E-state index contributed by atoms with van der Waals surface area (Å²) in [6, 6.07) is 6.69. The lowest BCUT2D eigenvalue weighted by atomic mass is 9.82. The maximum atomic E-state index is 11.0. The van der Waals surface area contributed by atoms with Crippen molar-refractivity contribution in [3.63, 3.8) is 0 Å². The Bertz CT molecular complexity index is 755. The lowest BCUT2D eigenvalue weighted by Crippen LogP contribution is -2.16. The van der Waals surface area contributed by atoms with Crippen LogP contribution in [0.1, 0.15) is 42.1 Å². The maximum absolute atomic E-state index is 11.0. The average Bonchev–Trinajstić information content (AvgIpc) is 2.80. The van der Waals surface area contributed by atoms with Gasteiger partial charge in [0, 0.05) is 18.1 Å². The van der Waals surface area contributed by atoms with Crippen molar-refractivity contribution in [1.82, 2.24) is 15.0 Å². The molecule has 0 bridgehead atoms. The summed E-state index contributed by atoms with van der Waals surface area (Å²) in [7, 11) is 0. The Balaban J connectivity index is 2.17. The topological polar surface area (TPSA) is 97.6 Å². The van der Waals surface area contributed by atoms with Gasteiger partial charge in [-0.15, -0.1) is 5.10 Å². The van der Waals surface area contributed by atoms with Crippen molar-refractivity contribution in [2.24, 2.45) is 0 Å². The summed E-state index contributed by atoms with van der Waals surface area (Å²) in [5.41, 5.74) is 2.55. The summed E-state index contributed by atoms with van der Waals surface area (Å²) in [6.45, 7) is 1.86. The van der Waals surface area contributed by atoms with Gasteiger partial charge >= 0.3 is 0 Å². The normalized spacial score (nSPS) is 14.5. The second kappa shape index (κ2) is 4.98. The highest BCUT2D eigenvalue weighted by Gasteiger charge is 2.29. The largest absolute Gasteiger partial charge is 0.271 e. The first-order chi connectivity index (χ1) is 10.1. The smallest absolute Gasteiger partial charge is 0.258 e. The number of nitriles is 1. The van der Waals surface area contributed by atoms with Gasteiger partial charge < -0.3 is 0 Å². The third kappa shape index (κ3) is 2.14. The molecule has 106 valence electrons. The van der Waals surface area contributed by atoms with Gasteiger partial charge in [0.15, 0.2) is 5.69 Å². The molecule has 0 radical (unpaired) electrons. The fourth-order valence-electron chi connectivity index (χ4n) is 2.53. The van der Waals surface area contributed by atoms with E-state index in [0.717, 1.165) is 30.5 Å². The van der Waals surface area contributed by atoms with Crippen LogP contribution in [-0.2, 0) is 0 Å². The van der Waals surface area contributed by atoms with E-state index in [1.165, 1.54) is 12.1 Å². The molecule has 1 aliphatic rings. The van der Waals surface area contributed by atoms with Crippen LogP contribution in [0.5, 0.6) is 0 Å². The van der Waals surface area contributed by atoms with E-state index >= 15 is 0 Å².